The molecule has 0 saturated carbocycles. The molecule has 1 aliphatic heterocycles. The molecule has 2 rings (SSSR count). The van der Waals surface area contributed by atoms with Gasteiger partial charge in [-0.05, 0) is 19.9 Å². The van der Waals surface area contributed by atoms with Crippen molar-refractivity contribution in [1.82, 2.24) is 10.3 Å². The van der Waals surface area contributed by atoms with Crippen molar-refractivity contribution in [1.29, 1.82) is 0 Å². The van der Waals surface area contributed by atoms with Gasteiger partial charge in [0.15, 0.2) is 0 Å². The molecule has 2 N–H and O–H groups in total. The lowest BCUT2D eigenvalue weighted by atomic mass is 10.2. The number of nitrogens with zero attached hydrogens (tertiary/aromatic N) is 2. The highest BCUT2D eigenvalue weighted by Crippen LogP contribution is 2.25. The zero-order chi connectivity index (χ0) is 11.4. The van der Waals surface area contributed by atoms with Gasteiger partial charge in [-0.2, -0.15) is 0 Å². The lowest BCUT2D eigenvalue weighted by Crippen LogP contribution is -2.43. The van der Waals surface area contributed by atoms with Crippen LogP contribution in [-0.4, -0.2) is 37.2 Å². The number of nitrogens with one attached hydrogen (secondary N) is 2. The SMILES string of the molecule is CC(C)Nc1cnccc1N1CCNCC1. The largest absolute Gasteiger partial charge is 0.380 e. The highest BCUT2D eigenvalue weighted by atomic mass is 15.2. The molecule has 2 heterocycles. The quantitative estimate of drug-likeness (QED) is 0.806. The van der Waals surface area contributed by atoms with Gasteiger partial charge in [0.2, 0.25) is 0 Å². The van der Waals surface area contributed by atoms with Gasteiger partial charge in [-0.3, -0.25) is 4.98 Å². The van der Waals surface area contributed by atoms with Crippen LogP contribution in [0.2, 0.25) is 0 Å². The third-order valence-corrected chi connectivity index (χ3v) is 2.70. The highest BCUT2D eigenvalue weighted by Gasteiger charge is 2.14. The van der Waals surface area contributed by atoms with Gasteiger partial charge in [-0.15, -0.1) is 0 Å². The van der Waals surface area contributed by atoms with Crippen LogP contribution in [-0.2, 0) is 0 Å². The number of hydrogen-bond acceptors (Lipinski definition) is 4. The van der Waals surface area contributed by atoms with E-state index in [0.29, 0.717) is 6.04 Å². The third-order valence-electron chi connectivity index (χ3n) is 2.70. The predicted molar refractivity (Wildman–Crippen MR) is 68.1 cm³/mol. The molecule has 1 aliphatic rings. The molecule has 1 aromatic heterocycles. The Balaban J connectivity index is 2.17. The summed E-state index contributed by atoms with van der Waals surface area (Å²) in [6, 6.07) is 2.53. The molecule has 0 radical (unpaired) electrons. The third kappa shape index (κ3) is 2.64. The van der Waals surface area contributed by atoms with Crippen LogP contribution in [0.25, 0.3) is 0 Å². The predicted octanol–water partition coefficient (Wildman–Crippen LogP) is 1.31. The minimum Gasteiger partial charge on any atom is -0.380 e. The van der Waals surface area contributed by atoms with Gasteiger partial charge in [0.25, 0.3) is 0 Å². The molecule has 4 nitrogen and oxygen atoms in total. The zero-order valence-electron chi connectivity index (χ0n) is 10.0. The minimum absolute atomic E-state index is 0.436. The van der Waals surface area contributed by atoms with Crippen molar-refractivity contribution in [3.8, 4) is 0 Å². The molecule has 1 fully saturated rings. The van der Waals surface area contributed by atoms with Crippen molar-refractivity contribution in [2.75, 3.05) is 36.4 Å². The smallest absolute Gasteiger partial charge is 0.0766 e. The summed E-state index contributed by atoms with van der Waals surface area (Å²) in [6.07, 6.45) is 3.78. The summed E-state index contributed by atoms with van der Waals surface area (Å²) in [4.78, 5) is 6.59. The average molecular weight is 220 g/mol. The van der Waals surface area contributed by atoms with E-state index in [1.807, 2.05) is 12.4 Å². The van der Waals surface area contributed by atoms with Crippen molar-refractivity contribution < 1.29 is 0 Å². The summed E-state index contributed by atoms with van der Waals surface area (Å²) in [5.74, 6) is 0. The van der Waals surface area contributed by atoms with Gasteiger partial charge in [0.05, 0.1) is 17.6 Å². The van der Waals surface area contributed by atoms with E-state index in [1.54, 1.807) is 0 Å². The summed E-state index contributed by atoms with van der Waals surface area (Å²) in [5, 5.41) is 6.81. The normalized spacial score (nSPS) is 16.6. The van der Waals surface area contributed by atoms with Gasteiger partial charge in [0, 0.05) is 38.4 Å². The maximum absolute atomic E-state index is 4.19. The Morgan fingerprint density at radius 2 is 2.12 bits per heavy atom. The Morgan fingerprint density at radius 1 is 1.38 bits per heavy atom. The molecule has 0 unspecified atom stereocenters. The van der Waals surface area contributed by atoms with Crippen LogP contribution in [0.5, 0.6) is 0 Å². The molecule has 0 amide bonds. The van der Waals surface area contributed by atoms with Gasteiger partial charge in [-0.25, -0.2) is 0 Å². The fourth-order valence-electron chi connectivity index (χ4n) is 1.99. The molecule has 4 heteroatoms. The van der Waals surface area contributed by atoms with E-state index < -0.39 is 0 Å². The van der Waals surface area contributed by atoms with Gasteiger partial charge < -0.3 is 15.5 Å². The zero-order valence-corrected chi connectivity index (χ0v) is 10.0. The van der Waals surface area contributed by atoms with Crippen molar-refractivity contribution in [3.63, 3.8) is 0 Å². The number of aromatic nitrogens is 1. The van der Waals surface area contributed by atoms with Crippen molar-refractivity contribution >= 4 is 11.4 Å². The molecule has 0 atom stereocenters. The van der Waals surface area contributed by atoms with Gasteiger partial charge in [-0.1, -0.05) is 0 Å². The van der Waals surface area contributed by atoms with Crippen LogP contribution in [0.15, 0.2) is 18.5 Å². The molecule has 0 spiro atoms. The fourth-order valence-corrected chi connectivity index (χ4v) is 1.99. The van der Waals surface area contributed by atoms with Gasteiger partial charge >= 0.3 is 0 Å². The Labute approximate surface area is 97.1 Å². The first-order valence-corrected chi connectivity index (χ1v) is 5.93. The summed E-state index contributed by atoms with van der Waals surface area (Å²) in [7, 11) is 0. The van der Waals surface area contributed by atoms with Crippen LogP contribution < -0.4 is 15.5 Å². The minimum atomic E-state index is 0.436. The standard InChI is InChI=1S/C12H20N4/c1-10(2)15-11-9-14-4-3-12(11)16-7-5-13-6-8-16/h3-4,9-10,13,15H,5-8H2,1-2H3. The molecule has 1 saturated heterocycles. The van der Waals surface area contributed by atoms with Crippen LogP contribution >= 0.6 is 0 Å². The highest BCUT2D eigenvalue weighted by molar-refractivity contribution is 5.69. The first kappa shape index (κ1) is 11.2. The Bertz CT molecular complexity index is 332. The maximum atomic E-state index is 4.19. The van der Waals surface area contributed by atoms with Crippen LogP contribution in [0, 0.1) is 0 Å². The van der Waals surface area contributed by atoms with E-state index in [2.05, 4.69) is 40.4 Å². The van der Waals surface area contributed by atoms with E-state index in [9.17, 15) is 0 Å². The van der Waals surface area contributed by atoms with Crippen molar-refractivity contribution in [3.05, 3.63) is 18.5 Å². The summed E-state index contributed by atoms with van der Waals surface area (Å²) < 4.78 is 0. The van der Waals surface area contributed by atoms with Crippen LogP contribution in [0.1, 0.15) is 13.8 Å². The summed E-state index contributed by atoms with van der Waals surface area (Å²) in [5.41, 5.74) is 2.41. The fraction of sp³-hybridized carbons (Fsp3) is 0.583. The number of rotatable bonds is 3. The van der Waals surface area contributed by atoms with E-state index in [4.69, 9.17) is 0 Å². The topological polar surface area (TPSA) is 40.2 Å². The first-order valence-electron chi connectivity index (χ1n) is 5.93. The Morgan fingerprint density at radius 3 is 2.81 bits per heavy atom. The number of anilines is 2. The van der Waals surface area contributed by atoms with E-state index in [1.165, 1.54) is 5.69 Å². The lowest BCUT2D eigenvalue weighted by Gasteiger charge is -2.31. The second-order valence-corrected chi connectivity index (χ2v) is 4.43. The van der Waals surface area contributed by atoms with E-state index in [0.717, 1.165) is 31.9 Å². The molecule has 0 bridgehead atoms. The number of pyridine rings is 1. The van der Waals surface area contributed by atoms with Gasteiger partial charge in [0.1, 0.15) is 0 Å². The average Bonchev–Trinajstić information content (AvgIpc) is 2.30. The van der Waals surface area contributed by atoms with Crippen LogP contribution in [0.4, 0.5) is 11.4 Å². The van der Waals surface area contributed by atoms with E-state index in [-0.39, 0.29) is 0 Å². The first-order chi connectivity index (χ1) is 7.77. The van der Waals surface area contributed by atoms with Crippen molar-refractivity contribution in [2.24, 2.45) is 0 Å². The molecular weight excluding hydrogens is 200 g/mol. The Kier molecular flexibility index (Phi) is 3.62. The molecule has 88 valence electrons. The number of piperazine rings is 1. The molecule has 0 aromatic carbocycles. The van der Waals surface area contributed by atoms with Crippen molar-refractivity contribution in [2.45, 2.75) is 19.9 Å². The monoisotopic (exact) mass is 220 g/mol. The summed E-state index contributed by atoms with van der Waals surface area (Å²) >= 11 is 0. The molecule has 16 heavy (non-hydrogen) atoms. The van der Waals surface area contributed by atoms with Crippen LogP contribution in [0.3, 0.4) is 0 Å². The molecule has 1 aromatic rings. The second-order valence-electron chi connectivity index (χ2n) is 4.43. The Hall–Kier alpha value is -1.29. The lowest BCUT2D eigenvalue weighted by molar-refractivity contribution is 0.589. The van der Waals surface area contributed by atoms with E-state index >= 15 is 0 Å². The maximum Gasteiger partial charge on any atom is 0.0766 e. The second kappa shape index (κ2) is 5.16. The molecule has 0 aliphatic carbocycles. The summed E-state index contributed by atoms with van der Waals surface area (Å²) in [6.45, 7) is 8.55. The molecular formula is C12H20N4. The number of hydrogen-bond donors (Lipinski definition) is 2.